The number of anilines is 1. The van der Waals surface area contributed by atoms with Crippen LogP contribution in [0.3, 0.4) is 0 Å². The zero-order valence-electron chi connectivity index (χ0n) is 15.0. The fourth-order valence-electron chi connectivity index (χ4n) is 3.47. The number of hydrogen-bond donors (Lipinski definition) is 2. The van der Waals surface area contributed by atoms with E-state index in [-0.39, 0.29) is 17.3 Å². The maximum absolute atomic E-state index is 12.0. The molecule has 0 saturated carbocycles. The van der Waals surface area contributed by atoms with Crippen molar-refractivity contribution in [2.24, 2.45) is 5.92 Å². The van der Waals surface area contributed by atoms with Gasteiger partial charge in [-0.1, -0.05) is 6.92 Å². The summed E-state index contributed by atoms with van der Waals surface area (Å²) in [6.07, 6.45) is 3.37. The molecule has 2 N–H and O–H groups in total. The van der Waals surface area contributed by atoms with Gasteiger partial charge in [0.05, 0.1) is 4.92 Å². The molecule has 2 aliphatic heterocycles. The predicted molar refractivity (Wildman–Crippen MR) is 98.0 cm³/mol. The lowest BCUT2D eigenvalue weighted by atomic mass is 9.90. The number of nitrogens with one attached hydrogen (secondary N) is 2. The first-order chi connectivity index (χ1) is 12.8. The van der Waals surface area contributed by atoms with Gasteiger partial charge in [0.2, 0.25) is 0 Å². The molecule has 2 aliphatic rings. The number of nitrogens with zero attached hydrogens (tertiary/aromatic N) is 2. The van der Waals surface area contributed by atoms with Crippen molar-refractivity contribution in [1.82, 2.24) is 10.6 Å². The smallest absolute Gasteiger partial charge is 0.328 e. The third-order valence-electron chi connectivity index (χ3n) is 5.15. The van der Waals surface area contributed by atoms with E-state index in [2.05, 4.69) is 18.7 Å². The molecule has 142 valence electrons. The second-order valence-electron chi connectivity index (χ2n) is 6.85. The summed E-state index contributed by atoms with van der Waals surface area (Å²) in [5.74, 6) is -1.23. The summed E-state index contributed by atoms with van der Waals surface area (Å²) in [7, 11) is 0. The maximum atomic E-state index is 12.0. The van der Waals surface area contributed by atoms with Gasteiger partial charge in [0.25, 0.3) is 17.5 Å². The largest absolute Gasteiger partial charge is 0.368 e. The number of non-ortho nitro benzene ring substituents is 1. The summed E-state index contributed by atoms with van der Waals surface area (Å²) in [5.41, 5.74) is 0.689. The van der Waals surface area contributed by atoms with E-state index >= 15 is 0 Å². The average molecular weight is 372 g/mol. The number of carbonyl (C=O) groups is 3. The second kappa shape index (κ2) is 7.18. The highest BCUT2D eigenvalue weighted by atomic mass is 16.6. The number of urea groups is 1. The summed E-state index contributed by atoms with van der Waals surface area (Å²) in [6, 6.07) is 3.70. The second-order valence-corrected chi connectivity index (χ2v) is 6.85. The Kier molecular flexibility index (Phi) is 4.93. The third kappa shape index (κ3) is 3.67. The van der Waals surface area contributed by atoms with Gasteiger partial charge in [-0.2, -0.15) is 0 Å². The lowest BCUT2D eigenvalue weighted by Crippen LogP contribution is -2.51. The molecule has 27 heavy (non-hydrogen) atoms. The molecule has 0 aromatic heterocycles. The first kappa shape index (κ1) is 18.6. The fourth-order valence-corrected chi connectivity index (χ4v) is 3.47. The number of benzene rings is 1. The normalized spacial score (nSPS) is 23.0. The van der Waals surface area contributed by atoms with Crippen LogP contribution in [0.25, 0.3) is 6.08 Å². The molecule has 2 atom stereocenters. The van der Waals surface area contributed by atoms with Gasteiger partial charge in [0.1, 0.15) is 5.57 Å². The van der Waals surface area contributed by atoms with Crippen LogP contribution in [0.5, 0.6) is 0 Å². The van der Waals surface area contributed by atoms with Gasteiger partial charge in [-0.15, -0.1) is 0 Å². The first-order valence-corrected chi connectivity index (χ1v) is 8.71. The van der Waals surface area contributed by atoms with Crippen molar-refractivity contribution in [1.29, 1.82) is 0 Å². The Morgan fingerprint density at radius 1 is 1.19 bits per heavy atom. The number of rotatable bonds is 3. The Labute approximate surface area is 155 Å². The molecule has 4 amide bonds. The molecule has 0 spiro atoms. The molecule has 1 aromatic rings. The van der Waals surface area contributed by atoms with Crippen molar-refractivity contribution in [2.75, 3.05) is 11.4 Å². The van der Waals surface area contributed by atoms with E-state index in [0.717, 1.165) is 19.4 Å². The summed E-state index contributed by atoms with van der Waals surface area (Å²) in [5, 5.41) is 15.2. The van der Waals surface area contributed by atoms with Gasteiger partial charge >= 0.3 is 6.03 Å². The summed E-state index contributed by atoms with van der Waals surface area (Å²) < 4.78 is 0. The SMILES string of the molecule is C[C@@H]1CCCN(c2ccc([N+](=O)[O-])cc2C=C2C(=O)NC(=O)NC2=O)[C@@H]1C. The van der Waals surface area contributed by atoms with E-state index in [1.165, 1.54) is 18.2 Å². The van der Waals surface area contributed by atoms with E-state index in [1.54, 1.807) is 6.07 Å². The van der Waals surface area contributed by atoms with Gasteiger partial charge in [-0.25, -0.2) is 4.79 Å². The Morgan fingerprint density at radius 2 is 1.85 bits per heavy atom. The molecule has 0 aliphatic carbocycles. The number of amides is 4. The van der Waals surface area contributed by atoms with Crippen LogP contribution in [-0.2, 0) is 9.59 Å². The molecule has 9 heteroatoms. The minimum Gasteiger partial charge on any atom is -0.368 e. The minimum absolute atomic E-state index is 0.143. The van der Waals surface area contributed by atoms with Crippen LogP contribution in [0.2, 0.25) is 0 Å². The van der Waals surface area contributed by atoms with Crippen molar-refractivity contribution >= 4 is 35.3 Å². The van der Waals surface area contributed by atoms with Crippen molar-refractivity contribution in [3.63, 3.8) is 0 Å². The summed E-state index contributed by atoms with van der Waals surface area (Å²) in [6.45, 7) is 5.01. The van der Waals surface area contributed by atoms with E-state index in [9.17, 15) is 24.5 Å². The molecule has 3 rings (SSSR count). The molecule has 2 heterocycles. The number of imide groups is 2. The Morgan fingerprint density at radius 3 is 2.48 bits per heavy atom. The summed E-state index contributed by atoms with van der Waals surface area (Å²) in [4.78, 5) is 48.1. The molecule has 9 nitrogen and oxygen atoms in total. The van der Waals surface area contributed by atoms with E-state index in [1.807, 2.05) is 10.6 Å². The van der Waals surface area contributed by atoms with Crippen LogP contribution < -0.4 is 15.5 Å². The minimum atomic E-state index is -0.889. The molecule has 1 aromatic carbocycles. The van der Waals surface area contributed by atoms with Crippen LogP contribution >= 0.6 is 0 Å². The molecule has 2 fully saturated rings. The van der Waals surface area contributed by atoms with Gasteiger partial charge in [-0.3, -0.25) is 30.3 Å². The number of hydrogen-bond acceptors (Lipinski definition) is 6. The van der Waals surface area contributed by atoms with E-state index < -0.39 is 22.8 Å². The number of piperidine rings is 1. The first-order valence-electron chi connectivity index (χ1n) is 8.71. The van der Waals surface area contributed by atoms with Crippen LogP contribution in [0.4, 0.5) is 16.2 Å². The molecule has 0 unspecified atom stereocenters. The Hall–Kier alpha value is -3.23. The highest BCUT2D eigenvalue weighted by molar-refractivity contribution is 6.31. The van der Waals surface area contributed by atoms with Crippen molar-refractivity contribution in [3.05, 3.63) is 39.4 Å². The fraction of sp³-hybridized carbons (Fsp3) is 0.389. The highest BCUT2D eigenvalue weighted by Crippen LogP contribution is 2.34. The van der Waals surface area contributed by atoms with Crippen LogP contribution in [0, 0.1) is 16.0 Å². The van der Waals surface area contributed by atoms with Gasteiger partial charge in [-0.05, 0) is 37.8 Å². The number of nitro groups is 1. The molecule has 0 radical (unpaired) electrons. The van der Waals surface area contributed by atoms with Crippen LogP contribution in [0.1, 0.15) is 32.3 Å². The van der Waals surface area contributed by atoms with Crippen molar-refractivity contribution in [2.45, 2.75) is 32.7 Å². The van der Waals surface area contributed by atoms with Gasteiger partial charge in [0.15, 0.2) is 0 Å². The Bertz CT molecular complexity index is 841. The lowest BCUT2D eigenvalue weighted by molar-refractivity contribution is -0.384. The maximum Gasteiger partial charge on any atom is 0.328 e. The van der Waals surface area contributed by atoms with Gasteiger partial charge in [0, 0.05) is 36.0 Å². The Balaban J connectivity index is 2.09. The summed E-state index contributed by atoms with van der Waals surface area (Å²) >= 11 is 0. The molecular formula is C18H20N4O5. The van der Waals surface area contributed by atoms with E-state index in [4.69, 9.17) is 0 Å². The number of carbonyl (C=O) groups excluding carboxylic acids is 3. The standard InChI is InChI=1S/C18H20N4O5/c1-10-4-3-7-21(11(10)2)15-6-5-13(22(26)27)8-12(15)9-14-16(23)19-18(25)20-17(14)24/h5-6,8-11H,3-4,7H2,1-2H3,(H2,19,20,23,24,25)/t10-,11-/m1/s1. The highest BCUT2D eigenvalue weighted by Gasteiger charge is 2.30. The van der Waals surface area contributed by atoms with Crippen LogP contribution in [0.15, 0.2) is 23.8 Å². The van der Waals surface area contributed by atoms with E-state index in [0.29, 0.717) is 17.2 Å². The van der Waals surface area contributed by atoms with Crippen LogP contribution in [-0.4, -0.2) is 35.4 Å². The van der Waals surface area contributed by atoms with Crippen molar-refractivity contribution < 1.29 is 19.3 Å². The van der Waals surface area contributed by atoms with Crippen molar-refractivity contribution in [3.8, 4) is 0 Å². The zero-order chi connectivity index (χ0) is 19.7. The number of nitro benzene ring substituents is 1. The molecular weight excluding hydrogens is 352 g/mol. The third-order valence-corrected chi connectivity index (χ3v) is 5.15. The zero-order valence-corrected chi connectivity index (χ0v) is 15.0. The monoisotopic (exact) mass is 372 g/mol. The number of barbiturate groups is 1. The lowest BCUT2D eigenvalue weighted by Gasteiger charge is -2.40. The van der Waals surface area contributed by atoms with Gasteiger partial charge < -0.3 is 4.90 Å². The topological polar surface area (TPSA) is 122 Å². The quantitative estimate of drug-likeness (QED) is 0.362. The molecule has 0 bridgehead atoms. The predicted octanol–water partition coefficient (Wildman–Crippen LogP) is 1.97. The average Bonchev–Trinajstić information content (AvgIpc) is 2.60. The molecule has 2 saturated heterocycles.